The lowest BCUT2D eigenvalue weighted by molar-refractivity contribution is -0.131. The van der Waals surface area contributed by atoms with Gasteiger partial charge in [-0.25, -0.2) is 4.98 Å². The third kappa shape index (κ3) is 2.62. The van der Waals surface area contributed by atoms with Crippen molar-refractivity contribution >= 4 is 11.6 Å². The monoisotopic (exact) mass is 325 g/mol. The fourth-order valence-corrected chi connectivity index (χ4v) is 5.30. The summed E-state index contributed by atoms with van der Waals surface area (Å²) in [6.45, 7) is 10.0. The second-order valence-corrected chi connectivity index (χ2v) is 9.07. The van der Waals surface area contributed by atoms with Crippen molar-refractivity contribution in [1.29, 1.82) is 0 Å². The molecule has 3 heterocycles. The molecule has 24 heavy (non-hydrogen) atoms. The van der Waals surface area contributed by atoms with Crippen molar-refractivity contribution in [2.75, 3.05) is 6.54 Å². The normalized spacial score (nSPS) is 28.5. The zero-order valence-corrected chi connectivity index (χ0v) is 15.2. The molecule has 1 amide bonds. The maximum Gasteiger partial charge on any atom is 0.228 e. The predicted octanol–water partition coefficient (Wildman–Crippen LogP) is 3.61. The molecule has 0 radical (unpaired) electrons. The molecule has 0 aromatic carbocycles. The Balaban J connectivity index is 1.55. The molecule has 4 nitrogen and oxygen atoms in total. The third-order valence-electron chi connectivity index (χ3n) is 5.80. The summed E-state index contributed by atoms with van der Waals surface area (Å²) in [5, 5.41) is 0. The van der Waals surface area contributed by atoms with E-state index in [1.807, 2.05) is 22.9 Å². The van der Waals surface area contributed by atoms with E-state index in [1.54, 1.807) is 0 Å². The SMILES string of the molecule is Cc1cccn2cc(CC(=O)N3CC4(C)CC3CC(C)(C)C4)nc12. The molecule has 128 valence electrons. The maximum absolute atomic E-state index is 12.9. The fraction of sp³-hybridized carbons (Fsp3) is 0.600. The van der Waals surface area contributed by atoms with E-state index >= 15 is 0 Å². The number of likely N-dealkylation sites (tertiary alicyclic amines) is 1. The van der Waals surface area contributed by atoms with Crippen LogP contribution in [0.25, 0.3) is 5.65 Å². The first-order valence-electron chi connectivity index (χ1n) is 8.97. The van der Waals surface area contributed by atoms with Crippen LogP contribution in [0.2, 0.25) is 0 Å². The number of imidazole rings is 1. The highest BCUT2D eigenvalue weighted by atomic mass is 16.2. The molecular weight excluding hydrogens is 298 g/mol. The minimum atomic E-state index is 0.238. The molecular formula is C20H27N3O. The maximum atomic E-state index is 12.9. The first kappa shape index (κ1) is 15.7. The van der Waals surface area contributed by atoms with Gasteiger partial charge in [-0.05, 0) is 48.6 Å². The van der Waals surface area contributed by atoms with Gasteiger partial charge in [0.2, 0.25) is 5.91 Å². The van der Waals surface area contributed by atoms with Gasteiger partial charge in [-0.2, -0.15) is 0 Å². The highest BCUT2D eigenvalue weighted by molar-refractivity contribution is 5.79. The predicted molar refractivity (Wildman–Crippen MR) is 94.9 cm³/mol. The van der Waals surface area contributed by atoms with Crippen LogP contribution < -0.4 is 0 Å². The molecule has 2 unspecified atom stereocenters. The van der Waals surface area contributed by atoms with Crippen molar-refractivity contribution < 1.29 is 4.79 Å². The van der Waals surface area contributed by atoms with E-state index in [9.17, 15) is 4.79 Å². The van der Waals surface area contributed by atoms with Gasteiger partial charge in [0.25, 0.3) is 0 Å². The average molecular weight is 325 g/mol. The minimum absolute atomic E-state index is 0.238. The van der Waals surface area contributed by atoms with Gasteiger partial charge in [0.1, 0.15) is 5.65 Å². The van der Waals surface area contributed by atoms with Gasteiger partial charge in [-0.15, -0.1) is 0 Å². The van der Waals surface area contributed by atoms with Gasteiger partial charge in [-0.3, -0.25) is 4.79 Å². The quantitative estimate of drug-likeness (QED) is 0.846. The molecule has 2 atom stereocenters. The molecule has 0 N–H and O–H groups in total. The van der Waals surface area contributed by atoms with Crippen molar-refractivity contribution in [2.45, 2.75) is 59.4 Å². The molecule has 2 aromatic heterocycles. The van der Waals surface area contributed by atoms with Gasteiger partial charge < -0.3 is 9.30 Å². The zero-order valence-electron chi connectivity index (χ0n) is 15.2. The summed E-state index contributed by atoms with van der Waals surface area (Å²) in [6, 6.07) is 4.48. The highest BCUT2D eigenvalue weighted by Crippen LogP contribution is 2.52. The van der Waals surface area contributed by atoms with Crippen molar-refractivity contribution in [1.82, 2.24) is 14.3 Å². The van der Waals surface area contributed by atoms with Crippen LogP contribution in [0.5, 0.6) is 0 Å². The fourth-order valence-electron chi connectivity index (χ4n) is 5.30. The zero-order chi connectivity index (χ0) is 17.1. The molecule has 4 heteroatoms. The van der Waals surface area contributed by atoms with Gasteiger partial charge in [-0.1, -0.05) is 26.8 Å². The average Bonchev–Trinajstić information content (AvgIpc) is 2.96. The Hall–Kier alpha value is -1.84. The second-order valence-electron chi connectivity index (χ2n) is 9.07. The molecule has 2 fully saturated rings. The summed E-state index contributed by atoms with van der Waals surface area (Å²) in [4.78, 5) is 19.8. The first-order chi connectivity index (χ1) is 11.2. The van der Waals surface area contributed by atoms with Gasteiger partial charge >= 0.3 is 0 Å². The van der Waals surface area contributed by atoms with E-state index in [1.165, 1.54) is 6.42 Å². The molecule has 2 bridgehead atoms. The van der Waals surface area contributed by atoms with Gasteiger partial charge in [0.05, 0.1) is 12.1 Å². The highest BCUT2D eigenvalue weighted by Gasteiger charge is 2.50. The Morgan fingerprint density at radius 3 is 2.88 bits per heavy atom. The van der Waals surface area contributed by atoms with Crippen LogP contribution in [0, 0.1) is 17.8 Å². The molecule has 2 aromatic rings. The van der Waals surface area contributed by atoms with E-state index in [0.29, 0.717) is 17.9 Å². The summed E-state index contributed by atoms with van der Waals surface area (Å²) in [5.41, 5.74) is 3.60. The standard InChI is InChI=1S/C20H27N3O/c1-14-6-5-7-22-11-15(21-18(14)22)8-17(24)23-13-20(4)10-16(23)9-19(2,3)12-20/h5-7,11,16H,8-10,12-13H2,1-4H3. The molecule has 4 rings (SSSR count). The topological polar surface area (TPSA) is 37.6 Å². The van der Waals surface area contributed by atoms with Crippen LogP contribution in [0.1, 0.15) is 51.3 Å². The third-order valence-corrected chi connectivity index (χ3v) is 5.80. The van der Waals surface area contributed by atoms with E-state index in [0.717, 1.165) is 36.3 Å². The Bertz CT molecular complexity index is 806. The van der Waals surface area contributed by atoms with Crippen molar-refractivity contribution in [2.24, 2.45) is 10.8 Å². The summed E-state index contributed by atoms with van der Waals surface area (Å²) in [6.07, 6.45) is 7.90. The Kier molecular flexibility index (Phi) is 3.32. The van der Waals surface area contributed by atoms with Crippen molar-refractivity contribution in [3.05, 3.63) is 35.8 Å². The van der Waals surface area contributed by atoms with Crippen molar-refractivity contribution in [3.63, 3.8) is 0 Å². The lowest BCUT2D eigenvalue weighted by Crippen LogP contribution is -2.38. The lowest BCUT2D eigenvalue weighted by Gasteiger charge is -2.39. The largest absolute Gasteiger partial charge is 0.339 e. The van der Waals surface area contributed by atoms with E-state index < -0.39 is 0 Å². The van der Waals surface area contributed by atoms with E-state index in [2.05, 4.69) is 43.6 Å². The Labute approximate surface area is 143 Å². The van der Waals surface area contributed by atoms with E-state index in [4.69, 9.17) is 0 Å². The molecule has 1 saturated carbocycles. The number of aryl methyl sites for hydroxylation is 1. The summed E-state index contributed by atoms with van der Waals surface area (Å²) < 4.78 is 2.02. The number of carbonyl (C=O) groups is 1. The number of hydrogen-bond acceptors (Lipinski definition) is 2. The first-order valence-corrected chi connectivity index (χ1v) is 8.97. The number of aromatic nitrogens is 2. The Morgan fingerprint density at radius 2 is 2.12 bits per heavy atom. The molecule has 2 aliphatic rings. The second kappa shape index (κ2) is 5.08. The lowest BCUT2D eigenvalue weighted by atomic mass is 9.65. The summed E-state index contributed by atoms with van der Waals surface area (Å²) in [7, 11) is 0. The van der Waals surface area contributed by atoms with Gasteiger partial charge in [0.15, 0.2) is 0 Å². The number of fused-ring (bicyclic) bond motifs is 3. The number of amides is 1. The summed E-state index contributed by atoms with van der Waals surface area (Å²) in [5.74, 6) is 0.238. The van der Waals surface area contributed by atoms with Crippen LogP contribution in [0.4, 0.5) is 0 Å². The number of nitrogens with zero attached hydrogens (tertiary/aromatic N) is 3. The number of hydrogen-bond donors (Lipinski definition) is 0. The number of carbonyl (C=O) groups excluding carboxylic acids is 1. The molecule has 1 aliphatic heterocycles. The molecule has 1 saturated heterocycles. The van der Waals surface area contributed by atoms with E-state index in [-0.39, 0.29) is 11.3 Å². The smallest absolute Gasteiger partial charge is 0.228 e. The molecule has 0 spiro atoms. The number of pyridine rings is 1. The number of rotatable bonds is 2. The minimum Gasteiger partial charge on any atom is -0.339 e. The van der Waals surface area contributed by atoms with Gasteiger partial charge in [0, 0.05) is 25.0 Å². The van der Waals surface area contributed by atoms with Crippen LogP contribution in [0.3, 0.4) is 0 Å². The molecule has 1 aliphatic carbocycles. The van der Waals surface area contributed by atoms with Crippen LogP contribution in [0.15, 0.2) is 24.5 Å². The van der Waals surface area contributed by atoms with Crippen LogP contribution in [-0.2, 0) is 11.2 Å². The van der Waals surface area contributed by atoms with Crippen LogP contribution in [-0.4, -0.2) is 32.8 Å². The Morgan fingerprint density at radius 1 is 1.33 bits per heavy atom. The summed E-state index contributed by atoms with van der Waals surface area (Å²) >= 11 is 0. The van der Waals surface area contributed by atoms with Crippen LogP contribution >= 0.6 is 0 Å². The van der Waals surface area contributed by atoms with Crippen molar-refractivity contribution in [3.8, 4) is 0 Å².